The highest BCUT2D eigenvalue weighted by atomic mass is 16.6. The number of amides is 1. The summed E-state index contributed by atoms with van der Waals surface area (Å²) in [7, 11) is 0. The van der Waals surface area contributed by atoms with Gasteiger partial charge in [-0.25, -0.2) is 5.43 Å². The molecule has 7 heteroatoms. The molecule has 0 radical (unpaired) electrons. The van der Waals surface area contributed by atoms with E-state index in [2.05, 4.69) is 28.7 Å². The second-order valence-corrected chi connectivity index (χ2v) is 6.94. The van der Waals surface area contributed by atoms with Gasteiger partial charge in [0.2, 0.25) is 0 Å². The van der Waals surface area contributed by atoms with Crippen molar-refractivity contribution in [3.63, 3.8) is 0 Å². The molecule has 1 N–H and O–H groups in total. The minimum absolute atomic E-state index is 0.0601. The summed E-state index contributed by atoms with van der Waals surface area (Å²) in [5.41, 5.74) is 3.72. The Morgan fingerprint density at radius 1 is 0.938 bits per heavy atom. The predicted octanol–water partition coefficient (Wildman–Crippen LogP) is 5.09. The topological polar surface area (TPSA) is 93.8 Å². The van der Waals surface area contributed by atoms with Crippen LogP contribution in [-0.2, 0) is 6.61 Å². The van der Waals surface area contributed by atoms with Crippen molar-refractivity contribution in [1.29, 1.82) is 0 Å². The summed E-state index contributed by atoms with van der Waals surface area (Å²) in [6.07, 6.45) is 1.45. The Balaban J connectivity index is 1.47. The van der Waals surface area contributed by atoms with Gasteiger partial charge in [0.15, 0.2) is 0 Å². The lowest BCUT2D eigenvalue weighted by Gasteiger charge is -2.11. The van der Waals surface area contributed by atoms with Crippen LogP contribution in [0, 0.1) is 10.1 Å². The quantitative estimate of drug-likeness (QED) is 0.253. The maximum Gasteiger partial charge on any atom is 0.282 e. The standard InChI is InChI=1S/C25H19N3O4/c29-25(22-13-4-5-14-23(22)28(30)31)27-26-16-19-9-2-6-15-24(19)32-17-20-11-7-10-18-8-1-3-12-21(18)20/h1-16H,17H2,(H,27,29)/b26-16-. The lowest BCUT2D eigenvalue weighted by molar-refractivity contribution is -0.385. The summed E-state index contributed by atoms with van der Waals surface area (Å²) in [5.74, 6) is -0.0631. The first-order chi connectivity index (χ1) is 15.6. The van der Waals surface area contributed by atoms with Crippen LogP contribution in [0.3, 0.4) is 0 Å². The highest BCUT2D eigenvalue weighted by Gasteiger charge is 2.18. The number of nitrogens with zero attached hydrogens (tertiary/aromatic N) is 2. The van der Waals surface area contributed by atoms with Crippen molar-refractivity contribution in [2.75, 3.05) is 0 Å². The van der Waals surface area contributed by atoms with Gasteiger partial charge in [-0.1, -0.05) is 66.7 Å². The van der Waals surface area contributed by atoms with Gasteiger partial charge in [0, 0.05) is 11.6 Å². The summed E-state index contributed by atoms with van der Waals surface area (Å²) >= 11 is 0. The fourth-order valence-electron chi connectivity index (χ4n) is 3.34. The number of hydrogen-bond acceptors (Lipinski definition) is 5. The average Bonchev–Trinajstić information content (AvgIpc) is 2.83. The lowest BCUT2D eigenvalue weighted by Crippen LogP contribution is -2.19. The Hall–Kier alpha value is -4.52. The molecular weight excluding hydrogens is 406 g/mol. The van der Waals surface area contributed by atoms with Gasteiger partial charge in [-0.3, -0.25) is 14.9 Å². The van der Waals surface area contributed by atoms with E-state index in [9.17, 15) is 14.9 Å². The Kier molecular flexibility index (Phi) is 6.17. The maximum atomic E-state index is 12.3. The summed E-state index contributed by atoms with van der Waals surface area (Å²) < 4.78 is 6.03. The number of hydrogen-bond donors (Lipinski definition) is 1. The van der Waals surface area contributed by atoms with Gasteiger partial charge in [-0.05, 0) is 34.5 Å². The molecule has 0 bridgehead atoms. The monoisotopic (exact) mass is 425 g/mol. The molecule has 0 aliphatic rings. The molecule has 4 rings (SSSR count). The van der Waals surface area contributed by atoms with Crippen LogP contribution in [0.4, 0.5) is 5.69 Å². The van der Waals surface area contributed by atoms with Gasteiger partial charge in [0.05, 0.1) is 11.1 Å². The second-order valence-electron chi connectivity index (χ2n) is 6.94. The number of para-hydroxylation sites is 2. The largest absolute Gasteiger partial charge is 0.488 e. The molecule has 4 aromatic rings. The smallest absolute Gasteiger partial charge is 0.282 e. The number of hydrazone groups is 1. The third-order valence-corrected chi connectivity index (χ3v) is 4.90. The van der Waals surface area contributed by atoms with Crippen LogP contribution in [0.15, 0.2) is 96.1 Å². The zero-order valence-electron chi connectivity index (χ0n) is 17.0. The Labute approximate surface area is 184 Å². The lowest BCUT2D eigenvalue weighted by atomic mass is 10.1. The fraction of sp³-hybridized carbons (Fsp3) is 0.0400. The van der Waals surface area contributed by atoms with Crippen molar-refractivity contribution in [2.45, 2.75) is 6.61 Å². The second kappa shape index (κ2) is 9.53. The SMILES string of the molecule is O=C(N/N=C\c1ccccc1OCc1cccc2ccccc12)c1ccccc1[N+](=O)[O-]. The van der Waals surface area contributed by atoms with E-state index in [-0.39, 0.29) is 11.3 Å². The molecule has 0 unspecified atom stereocenters. The maximum absolute atomic E-state index is 12.3. The minimum atomic E-state index is -0.664. The minimum Gasteiger partial charge on any atom is -0.488 e. The van der Waals surface area contributed by atoms with Gasteiger partial charge in [-0.15, -0.1) is 0 Å². The molecule has 0 aromatic heterocycles. The van der Waals surface area contributed by atoms with Gasteiger partial charge in [0.25, 0.3) is 11.6 Å². The Morgan fingerprint density at radius 3 is 2.53 bits per heavy atom. The van der Waals surface area contributed by atoms with Crippen LogP contribution in [0.25, 0.3) is 10.8 Å². The third kappa shape index (κ3) is 4.62. The molecule has 0 aliphatic carbocycles. The van der Waals surface area contributed by atoms with Crippen LogP contribution < -0.4 is 10.2 Å². The number of nitro groups is 1. The number of nitrogens with one attached hydrogen (secondary N) is 1. The number of carbonyl (C=O) groups is 1. The van der Waals surface area contributed by atoms with Crippen LogP contribution >= 0.6 is 0 Å². The summed E-state index contributed by atoms with van der Waals surface area (Å²) in [4.78, 5) is 22.8. The third-order valence-electron chi connectivity index (χ3n) is 4.90. The van der Waals surface area contributed by atoms with E-state index in [1.807, 2.05) is 42.5 Å². The molecule has 32 heavy (non-hydrogen) atoms. The van der Waals surface area contributed by atoms with E-state index >= 15 is 0 Å². The molecule has 7 nitrogen and oxygen atoms in total. The first kappa shape index (κ1) is 20.7. The summed E-state index contributed by atoms with van der Waals surface area (Å²) in [5, 5.41) is 17.3. The number of benzene rings is 4. The van der Waals surface area contributed by atoms with Crippen LogP contribution in [0.1, 0.15) is 21.5 Å². The van der Waals surface area contributed by atoms with E-state index < -0.39 is 10.8 Å². The van der Waals surface area contributed by atoms with E-state index in [4.69, 9.17) is 4.74 Å². The zero-order chi connectivity index (χ0) is 22.3. The molecule has 0 fully saturated rings. The van der Waals surface area contributed by atoms with Crippen molar-refractivity contribution in [2.24, 2.45) is 5.10 Å². The molecule has 0 saturated heterocycles. The molecule has 0 saturated carbocycles. The summed E-state index contributed by atoms with van der Waals surface area (Å²) in [6.45, 7) is 0.370. The number of rotatable bonds is 7. The Morgan fingerprint density at radius 2 is 1.66 bits per heavy atom. The van der Waals surface area contributed by atoms with E-state index in [1.54, 1.807) is 12.1 Å². The van der Waals surface area contributed by atoms with Gasteiger partial charge in [-0.2, -0.15) is 5.10 Å². The molecule has 158 valence electrons. The van der Waals surface area contributed by atoms with Crippen LogP contribution in [0.2, 0.25) is 0 Å². The van der Waals surface area contributed by atoms with Gasteiger partial charge >= 0.3 is 0 Å². The first-order valence-electron chi connectivity index (χ1n) is 9.89. The zero-order valence-corrected chi connectivity index (χ0v) is 17.0. The van der Waals surface area contributed by atoms with E-state index in [0.29, 0.717) is 17.9 Å². The summed E-state index contributed by atoms with van der Waals surface area (Å²) in [6, 6.07) is 27.2. The van der Waals surface area contributed by atoms with Crippen molar-refractivity contribution in [1.82, 2.24) is 5.43 Å². The van der Waals surface area contributed by atoms with Crippen molar-refractivity contribution < 1.29 is 14.5 Å². The Bertz CT molecular complexity index is 1310. The molecule has 4 aromatic carbocycles. The highest BCUT2D eigenvalue weighted by Crippen LogP contribution is 2.22. The van der Waals surface area contributed by atoms with Crippen LogP contribution in [0.5, 0.6) is 5.75 Å². The number of nitro benzene ring substituents is 1. The molecular formula is C25H19N3O4. The van der Waals surface area contributed by atoms with Gasteiger partial charge < -0.3 is 4.74 Å². The van der Waals surface area contributed by atoms with Crippen LogP contribution in [-0.4, -0.2) is 17.0 Å². The first-order valence-corrected chi connectivity index (χ1v) is 9.89. The number of fused-ring (bicyclic) bond motifs is 1. The van der Waals surface area contributed by atoms with Crippen molar-refractivity contribution in [3.05, 3.63) is 118 Å². The van der Waals surface area contributed by atoms with E-state index in [0.717, 1.165) is 16.3 Å². The average molecular weight is 425 g/mol. The molecule has 0 aliphatic heterocycles. The predicted molar refractivity (Wildman–Crippen MR) is 123 cm³/mol. The normalized spacial score (nSPS) is 10.9. The van der Waals surface area contributed by atoms with Crippen molar-refractivity contribution in [3.8, 4) is 5.75 Å². The molecule has 0 spiro atoms. The molecule has 0 heterocycles. The molecule has 1 amide bonds. The van der Waals surface area contributed by atoms with E-state index in [1.165, 1.54) is 24.4 Å². The fourth-order valence-corrected chi connectivity index (χ4v) is 3.34. The van der Waals surface area contributed by atoms with Gasteiger partial charge in [0.1, 0.15) is 17.9 Å². The van der Waals surface area contributed by atoms with Crippen molar-refractivity contribution >= 4 is 28.6 Å². The molecule has 0 atom stereocenters. The number of carbonyl (C=O) groups excluding carboxylic acids is 1. The number of ether oxygens (including phenoxy) is 1. The highest BCUT2D eigenvalue weighted by molar-refractivity contribution is 5.98.